The van der Waals surface area contributed by atoms with E-state index in [9.17, 15) is 91.1 Å². The van der Waals surface area contributed by atoms with Crippen molar-refractivity contribution in [3.63, 3.8) is 0 Å². The largest absolute Gasteiger partial charge is 0.478 e. The van der Waals surface area contributed by atoms with E-state index in [1.165, 1.54) is 6.08 Å². The highest BCUT2D eigenvalue weighted by Crippen LogP contribution is 1.88. The van der Waals surface area contributed by atoms with E-state index in [4.69, 9.17) is 91.9 Å². The summed E-state index contributed by atoms with van der Waals surface area (Å²) < 4.78 is 4.62. The maximum Gasteiger partial charge on any atom is 0.330 e. The summed E-state index contributed by atoms with van der Waals surface area (Å²) in [7, 11) is 0. The minimum Gasteiger partial charge on any atom is -0.478 e. The van der Waals surface area contributed by atoms with Crippen LogP contribution in [0.25, 0.3) is 0 Å². The first-order valence-corrected chi connectivity index (χ1v) is 42.1. The monoisotopic (exact) mass is 1930 g/mol. The van der Waals surface area contributed by atoms with Crippen molar-refractivity contribution in [3.8, 4) is 0 Å². The van der Waals surface area contributed by atoms with Gasteiger partial charge in [-0.1, -0.05) is 247 Å². The Kier molecular flexibility index (Phi) is 200. The Hall–Kier alpha value is -15.0. The summed E-state index contributed by atoms with van der Waals surface area (Å²) in [6.07, 6.45) is 67.5. The van der Waals surface area contributed by atoms with Crippen molar-refractivity contribution in [2.45, 2.75) is 260 Å². The molecule has 135 heavy (non-hydrogen) atoms. The van der Waals surface area contributed by atoms with Gasteiger partial charge in [0.15, 0.2) is 0 Å². The Morgan fingerprint density at radius 1 is 0.126 bits per heavy atom. The predicted molar refractivity (Wildman–Crippen MR) is 523 cm³/mol. The SMILES string of the molecule is CCC=CC(=O)O.CCC=CC(=O)O.CCC=CC(=O)O.CCC=CC(=O)O.CCC=CC(=O)O.CCC=CC(=O)O.CCC=CC(=O)O.CCC=CC(=O)O.CCC=CC(=O)O.CCC=CC(=O)O.CCC=CC(=O)O.CCC=CC(=O)O.CCC=CC(=O)O.CCC=CC(=O)O.CCC=CC(=O)O.CCC=CC(=O)O.CCC=CC(=O)O.CCC=CC(=O)O.CCC=CC(=O)OCC. The molecule has 0 heterocycles. The van der Waals surface area contributed by atoms with Gasteiger partial charge >= 0.3 is 113 Å². The zero-order valence-corrected chi connectivity index (χ0v) is 81.8. The third kappa shape index (κ3) is 398. The van der Waals surface area contributed by atoms with E-state index in [-0.39, 0.29) is 5.97 Å². The summed E-state index contributed by atoms with van der Waals surface area (Å²) in [5, 5.41) is 143. The van der Waals surface area contributed by atoms with Gasteiger partial charge in [0.2, 0.25) is 0 Å². The molecule has 0 rings (SSSR count). The second-order valence-corrected chi connectivity index (χ2v) is 22.2. The van der Waals surface area contributed by atoms with Crippen LogP contribution >= 0.6 is 0 Å². The van der Waals surface area contributed by atoms with Gasteiger partial charge < -0.3 is 96.7 Å². The van der Waals surface area contributed by atoms with Gasteiger partial charge in [0, 0.05) is 115 Å². The van der Waals surface area contributed by atoms with E-state index in [1.54, 1.807) is 122 Å². The summed E-state index contributed by atoms with van der Waals surface area (Å²) in [5.74, 6) is -16.0. The first kappa shape index (κ1) is 167. The fourth-order valence-electron chi connectivity index (χ4n) is 4.34. The van der Waals surface area contributed by atoms with E-state index in [0.717, 1.165) is 231 Å². The lowest BCUT2D eigenvalue weighted by Crippen LogP contribution is -1.98. The molecule has 0 saturated heterocycles. The van der Waals surface area contributed by atoms with Gasteiger partial charge in [0.1, 0.15) is 0 Å². The molecule has 0 unspecified atom stereocenters. The summed E-state index contributed by atoms with van der Waals surface area (Å²) in [6, 6.07) is 0. The lowest BCUT2D eigenvalue weighted by Gasteiger charge is -1.92. The number of rotatable bonds is 39. The van der Waals surface area contributed by atoms with Gasteiger partial charge in [-0.05, 0) is 129 Å². The second kappa shape index (κ2) is 162. The molecule has 18 N–H and O–H groups in total. The van der Waals surface area contributed by atoms with Gasteiger partial charge in [-0.2, -0.15) is 0 Å². The minimum absolute atomic E-state index is 0.251. The normalized spacial score (nSPS) is 9.87. The van der Waals surface area contributed by atoms with Crippen molar-refractivity contribution in [1.82, 2.24) is 0 Å². The van der Waals surface area contributed by atoms with Crippen molar-refractivity contribution in [3.05, 3.63) is 231 Å². The van der Waals surface area contributed by atoms with Crippen LogP contribution in [0.4, 0.5) is 0 Å². The molecule has 0 radical (unpaired) electrons. The molecule has 0 aromatic rings. The van der Waals surface area contributed by atoms with Gasteiger partial charge in [0.05, 0.1) is 6.61 Å². The number of hydrogen-bond acceptors (Lipinski definition) is 20. The molecular formula is C97H156O38. The van der Waals surface area contributed by atoms with Crippen molar-refractivity contribution in [2.75, 3.05) is 6.61 Å². The van der Waals surface area contributed by atoms with E-state index < -0.39 is 107 Å². The molecular weight excluding hydrogens is 1770 g/mol. The number of hydrogen-bond donors (Lipinski definition) is 18. The van der Waals surface area contributed by atoms with Gasteiger partial charge in [-0.3, -0.25) is 0 Å². The fourth-order valence-corrected chi connectivity index (χ4v) is 4.34. The third-order valence-electron chi connectivity index (χ3n) is 9.71. The summed E-state index contributed by atoms with van der Waals surface area (Å²) >= 11 is 0. The summed E-state index contributed by atoms with van der Waals surface area (Å²) in [6.45, 7) is 38.2. The highest BCUT2D eigenvalue weighted by molar-refractivity contribution is 5.85. The highest BCUT2D eigenvalue weighted by atomic mass is 16.5. The number of aliphatic carboxylic acids is 18. The topological polar surface area (TPSA) is 698 Å². The molecule has 0 atom stereocenters. The number of carbonyl (C=O) groups excluding carboxylic acids is 1. The van der Waals surface area contributed by atoms with Crippen LogP contribution in [-0.4, -0.2) is 212 Å². The molecule has 0 fully saturated rings. The van der Waals surface area contributed by atoms with E-state index in [2.05, 4.69) is 4.74 Å². The molecule has 0 amide bonds. The van der Waals surface area contributed by atoms with Crippen LogP contribution < -0.4 is 0 Å². The van der Waals surface area contributed by atoms with E-state index >= 15 is 0 Å². The molecule has 0 aromatic carbocycles. The van der Waals surface area contributed by atoms with Crippen LogP contribution in [0, 0.1) is 0 Å². The Bertz CT molecular complexity index is 2670. The van der Waals surface area contributed by atoms with Crippen LogP contribution in [0.15, 0.2) is 231 Å². The molecule has 0 aliphatic heterocycles. The Labute approximate surface area is 795 Å². The lowest BCUT2D eigenvalue weighted by molar-refractivity contribution is -0.137. The van der Waals surface area contributed by atoms with Crippen molar-refractivity contribution < 1.29 is 188 Å². The molecule has 0 bridgehead atoms. The highest BCUT2D eigenvalue weighted by Gasteiger charge is 1.92. The third-order valence-corrected chi connectivity index (χ3v) is 9.71. The number of ether oxygens (including phenoxy) is 1. The Morgan fingerprint density at radius 2 is 0.185 bits per heavy atom. The number of carboxylic acid groups (broad SMARTS) is 18. The van der Waals surface area contributed by atoms with Crippen LogP contribution in [0.5, 0.6) is 0 Å². The average Bonchev–Trinajstić information content (AvgIpc) is 1.07. The average molecular weight is 1930 g/mol. The minimum atomic E-state index is -0.873. The van der Waals surface area contributed by atoms with Crippen molar-refractivity contribution in [1.29, 1.82) is 0 Å². The molecule has 38 heteroatoms. The number of esters is 1. The molecule has 0 aromatic heterocycles. The van der Waals surface area contributed by atoms with Crippen LogP contribution in [-0.2, 0) is 95.8 Å². The quantitative estimate of drug-likeness (QED) is 0.0201. The molecule has 0 aliphatic rings. The molecule has 0 spiro atoms. The van der Waals surface area contributed by atoms with Gasteiger partial charge in [0.25, 0.3) is 0 Å². The summed E-state index contributed by atoms with van der Waals surface area (Å²) in [4.78, 5) is 185. The van der Waals surface area contributed by atoms with E-state index in [1.807, 2.05) is 132 Å². The number of carboxylic acids is 18. The smallest absolute Gasteiger partial charge is 0.330 e. The zero-order valence-electron chi connectivity index (χ0n) is 81.8. The van der Waals surface area contributed by atoms with Crippen LogP contribution in [0.1, 0.15) is 260 Å². The standard InChI is InChI=1S/C7H12O2.18C5H8O2/c1-3-5-6-7(8)9-4-2;18*1-2-3-4-5(6)7/h5-6H,3-4H2,1-2H3;18*3-4H,2H2,1H3,(H,6,7). The molecule has 0 saturated carbocycles. The summed E-state index contributed by atoms with van der Waals surface area (Å²) in [5.41, 5.74) is 0. The van der Waals surface area contributed by atoms with Crippen molar-refractivity contribution >= 4 is 113 Å². The van der Waals surface area contributed by atoms with E-state index in [0.29, 0.717) is 6.61 Å². The van der Waals surface area contributed by atoms with Crippen LogP contribution in [0.2, 0.25) is 0 Å². The van der Waals surface area contributed by atoms with Crippen LogP contribution in [0.3, 0.4) is 0 Å². The number of allylic oxidation sites excluding steroid dienone is 19. The Morgan fingerprint density at radius 3 is 0.222 bits per heavy atom. The second-order valence-electron chi connectivity index (χ2n) is 22.2. The first-order valence-electron chi connectivity index (χ1n) is 42.1. The zero-order chi connectivity index (χ0) is 110. The maximum absolute atomic E-state index is 10.5. The first-order chi connectivity index (χ1) is 63.2. The van der Waals surface area contributed by atoms with Gasteiger partial charge in [-0.15, -0.1) is 0 Å². The van der Waals surface area contributed by atoms with Gasteiger partial charge in [-0.25, -0.2) is 91.1 Å². The predicted octanol–water partition coefficient (Wildman–Crippen LogP) is 20.2. The van der Waals surface area contributed by atoms with Crippen molar-refractivity contribution in [2.24, 2.45) is 0 Å². The number of carbonyl (C=O) groups is 19. The lowest BCUT2D eigenvalue weighted by atomic mass is 10.4. The molecule has 38 nitrogen and oxygen atoms in total. The fraction of sp³-hybridized carbons (Fsp3) is 0.412. The molecule has 0 aliphatic carbocycles. The Balaban J connectivity index is -0.0000000619. The maximum atomic E-state index is 10.5. The molecule has 772 valence electrons.